The van der Waals surface area contributed by atoms with Crippen LogP contribution in [0.15, 0.2) is 55.0 Å². The van der Waals surface area contributed by atoms with Crippen LogP contribution in [0.2, 0.25) is 0 Å². The van der Waals surface area contributed by atoms with E-state index in [2.05, 4.69) is 11.1 Å². The number of carbonyl (C=O) groups excluding carboxylic acids is 1. The van der Waals surface area contributed by atoms with E-state index in [4.69, 9.17) is 0 Å². The summed E-state index contributed by atoms with van der Waals surface area (Å²) in [5.74, 6) is 0.143. The topological polar surface area (TPSA) is 34.9 Å². The van der Waals surface area contributed by atoms with E-state index in [0.29, 0.717) is 6.42 Å². The zero-order valence-electron chi connectivity index (χ0n) is 11.4. The van der Waals surface area contributed by atoms with Crippen molar-refractivity contribution in [2.75, 3.05) is 0 Å². The number of fused-ring (bicyclic) bond motifs is 1. The maximum absolute atomic E-state index is 12.3. The first-order valence-corrected chi connectivity index (χ1v) is 6.85. The Hall–Kier alpha value is -2.42. The minimum absolute atomic E-state index is 0.143. The summed E-state index contributed by atoms with van der Waals surface area (Å²) in [5, 5.41) is 1.10. The smallest absolute Gasteiger partial charge is 0.231 e. The monoisotopic (exact) mass is 264 g/mol. The second kappa shape index (κ2) is 5.29. The molecular weight excluding hydrogens is 248 g/mol. The fraction of sp³-hybridized carbons (Fsp3) is 0.176. The minimum atomic E-state index is 0.143. The Morgan fingerprint density at radius 1 is 1.15 bits per heavy atom. The van der Waals surface area contributed by atoms with Gasteiger partial charge in [0.1, 0.15) is 0 Å². The zero-order valence-corrected chi connectivity index (χ0v) is 11.4. The molecule has 100 valence electrons. The molecule has 2 heterocycles. The Bertz CT molecular complexity index is 744. The molecule has 0 saturated heterocycles. The van der Waals surface area contributed by atoms with E-state index in [1.807, 2.05) is 43.5 Å². The first kappa shape index (κ1) is 12.6. The minimum Gasteiger partial charge on any atom is -0.287 e. The van der Waals surface area contributed by atoms with Gasteiger partial charge in [0.25, 0.3) is 0 Å². The maximum atomic E-state index is 12.3. The molecule has 2 aromatic heterocycles. The Morgan fingerprint density at radius 3 is 2.65 bits per heavy atom. The third-order valence-electron chi connectivity index (χ3n) is 3.44. The highest BCUT2D eigenvalue weighted by Crippen LogP contribution is 2.30. The fourth-order valence-corrected chi connectivity index (χ4v) is 2.48. The van der Waals surface area contributed by atoms with Crippen molar-refractivity contribution in [3.8, 4) is 11.1 Å². The molecule has 20 heavy (non-hydrogen) atoms. The molecule has 0 bridgehead atoms. The Morgan fingerprint density at radius 2 is 1.90 bits per heavy atom. The first-order valence-electron chi connectivity index (χ1n) is 6.85. The van der Waals surface area contributed by atoms with Crippen LogP contribution in [0, 0.1) is 0 Å². The van der Waals surface area contributed by atoms with Crippen LogP contribution in [0.1, 0.15) is 24.6 Å². The van der Waals surface area contributed by atoms with Crippen LogP contribution in [0.3, 0.4) is 0 Å². The van der Waals surface area contributed by atoms with Crippen LogP contribution in [0.4, 0.5) is 0 Å². The van der Waals surface area contributed by atoms with E-state index in [1.54, 1.807) is 17.0 Å². The molecule has 0 aliphatic rings. The molecule has 0 aliphatic heterocycles. The van der Waals surface area contributed by atoms with Crippen LogP contribution in [-0.4, -0.2) is 15.5 Å². The van der Waals surface area contributed by atoms with Gasteiger partial charge in [-0.05, 0) is 30.2 Å². The number of carbonyl (C=O) groups is 1. The Kier molecular flexibility index (Phi) is 3.33. The van der Waals surface area contributed by atoms with E-state index < -0.39 is 0 Å². The molecule has 0 radical (unpaired) electrons. The van der Waals surface area contributed by atoms with Gasteiger partial charge in [-0.25, -0.2) is 0 Å². The van der Waals surface area contributed by atoms with Gasteiger partial charge in [-0.1, -0.05) is 25.1 Å². The molecule has 0 spiro atoms. The van der Waals surface area contributed by atoms with Gasteiger partial charge in [0.2, 0.25) is 5.91 Å². The highest BCUT2D eigenvalue weighted by molar-refractivity contribution is 6.01. The summed E-state index contributed by atoms with van der Waals surface area (Å²) in [6.45, 7) is 2.02. The SMILES string of the molecule is CCCC(=O)n1cc(-c2ccncc2)c2ccccc21. The second-order valence-corrected chi connectivity index (χ2v) is 4.81. The number of benzene rings is 1. The largest absolute Gasteiger partial charge is 0.287 e. The number of aromatic nitrogens is 2. The van der Waals surface area contributed by atoms with Gasteiger partial charge in [0.05, 0.1) is 5.52 Å². The summed E-state index contributed by atoms with van der Waals surface area (Å²) >= 11 is 0. The van der Waals surface area contributed by atoms with Gasteiger partial charge in [-0.2, -0.15) is 0 Å². The molecule has 0 amide bonds. The highest BCUT2D eigenvalue weighted by Gasteiger charge is 2.13. The highest BCUT2D eigenvalue weighted by atomic mass is 16.2. The molecule has 3 heteroatoms. The molecule has 0 N–H and O–H groups in total. The molecule has 3 aromatic rings. The predicted octanol–water partition coefficient (Wildman–Crippen LogP) is 4.14. The summed E-state index contributed by atoms with van der Waals surface area (Å²) in [7, 11) is 0. The quantitative estimate of drug-likeness (QED) is 0.712. The van der Waals surface area contributed by atoms with Crippen molar-refractivity contribution >= 4 is 16.8 Å². The van der Waals surface area contributed by atoms with Crippen molar-refractivity contribution in [1.29, 1.82) is 0 Å². The molecule has 0 aliphatic carbocycles. The summed E-state index contributed by atoms with van der Waals surface area (Å²) in [5.41, 5.74) is 3.13. The van der Waals surface area contributed by atoms with E-state index >= 15 is 0 Å². The molecule has 0 fully saturated rings. The summed E-state index contributed by atoms with van der Waals surface area (Å²) in [6.07, 6.45) is 6.91. The van der Waals surface area contributed by atoms with Crippen molar-refractivity contribution in [3.63, 3.8) is 0 Å². The van der Waals surface area contributed by atoms with Crippen molar-refractivity contribution in [2.45, 2.75) is 19.8 Å². The van der Waals surface area contributed by atoms with E-state index in [0.717, 1.165) is 28.5 Å². The molecule has 3 rings (SSSR count). The lowest BCUT2D eigenvalue weighted by Crippen LogP contribution is -2.07. The van der Waals surface area contributed by atoms with Gasteiger partial charge >= 0.3 is 0 Å². The van der Waals surface area contributed by atoms with Crippen LogP contribution < -0.4 is 0 Å². The van der Waals surface area contributed by atoms with Crippen LogP contribution >= 0.6 is 0 Å². The number of para-hydroxylation sites is 1. The van der Waals surface area contributed by atoms with Crippen molar-refractivity contribution in [3.05, 3.63) is 55.0 Å². The summed E-state index contributed by atoms with van der Waals surface area (Å²) in [6, 6.07) is 12.0. The van der Waals surface area contributed by atoms with Crippen LogP contribution in [0.5, 0.6) is 0 Å². The zero-order chi connectivity index (χ0) is 13.9. The van der Waals surface area contributed by atoms with E-state index in [9.17, 15) is 4.79 Å². The number of hydrogen-bond donors (Lipinski definition) is 0. The van der Waals surface area contributed by atoms with Crippen molar-refractivity contribution in [1.82, 2.24) is 9.55 Å². The fourth-order valence-electron chi connectivity index (χ4n) is 2.48. The van der Waals surface area contributed by atoms with E-state index in [-0.39, 0.29) is 5.91 Å². The third kappa shape index (κ3) is 2.11. The van der Waals surface area contributed by atoms with Crippen LogP contribution in [0.25, 0.3) is 22.0 Å². The summed E-state index contributed by atoms with van der Waals surface area (Å²) < 4.78 is 1.77. The molecule has 0 saturated carbocycles. The maximum Gasteiger partial charge on any atom is 0.231 e. The lowest BCUT2D eigenvalue weighted by atomic mass is 10.1. The number of nitrogens with zero attached hydrogens (tertiary/aromatic N) is 2. The molecule has 0 unspecified atom stereocenters. The van der Waals surface area contributed by atoms with Crippen molar-refractivity contribution < 1.29 is 4.79 Å². The second-order valence-electron chi connectivity index (χ2n) is 4.81. The standard InChI is InChI=1S/C17H16N2O/c1-2-5-17(20)19-12-15(13-8-10-18-11-9-13)14-6-3-4-7-16(14)19/h3-4,6-12H,2,5H2,1H3. The van der Waals surface area contributed by atoms with Gasteiger partial charge in [0, 0.05) is 36.0 Å². The average Bonchev–Trinajstić information content (AvgIpc) is 2.88. The molecular formula is C17H16N2O. The normalized spacial score (nSPS) is 10.8. The van der Waals surface area contributed by atoms with Gasteiger partial charge in [0.15, 0.2) is 0 Å². The van der Waals surface area contributed by atoms with Crippen molar-refractivity contribution in [2.24, 2.45) is 0 Å². The number of rotatable bonds is 3. The predicted molar refractivity (Wildman–Crippen MR) is 80.7 cm³/mol. The van der Waals surface area contributed by atoms with Gasteiger partial charge in [-0.15, -0.1) is 0 Å². The Balaban J connectivity index is 2.22. The van der Waals surface area contributed by atoms with Gasteiger partial charge in [-0.3, -0.25) is 14.3 Å². The molecule has 3 nitrogen and oxygen atoms in total. The van der Waals surface area contributed by atoms with E-state index in [1.165, 1.54) is 0 Å². The first-order chi connectivity index (χ1) is 9.81. The van der Waals surface area contributed by atoms with Gasteiger partial charge < -0.3 is 0 Å². The van der Waals surface area contributed by atoms with Crippen LogP contribution in [-0.2, 0) is 0 Å². The third-order valence-corrected chi connectivity index (χ3v) is 3.44. The molecule has 1 aromatic carbocycles. The summed E-state index contributed by atoms with van der Waals surface area (Å²) in [4.78, 5) is 16.3. The average molecular weight is 264 g/mol. The molecule has 0 atom stereocenters. The number of hydrogen-bond acceptors (Lipinski definition) is 2. The lowest BCUT2D eigenvalue weighted by Gasteiger charge is -2.01. The number of pyridine rings is 1. The lowest BCUT2D eigenvalue weighted by molar-refractivity contribution is 0.0907. The Labute approximate surface area is 117 Å².